The average molecular weight is 290 g/mol. The number of hydrogen-bond donors (Lipinski definition) is 3. The Morgan fingerprint density at radius 2 is 2.11 bits per heavy atom. The first-order valence-corrected chi connectivity index (χ1v) is 5.92. The Balaban J connectivity index is 0.00000324. The third-order valence-corrected chi connectivity index (χ3v) is 2.39. The molecule has 0 aliphatic rings. The van der Waals surface area contributed by atoms with Gasteiger partial charge in [0.25, 0.3) is 5.91 Å². The molecule has 0 radical (unpaired) electrons. The van der Waals surface area contributed by atoms with Crippen molar-refractivity contribution in [1.82, 2.24) is 16.0 Å². The molecule has 1 aromatic rings. The smallest absolute Gasteiger partial charge is 0.287 e. The molecule has 0 aliphatic carbocycles. The Morgan fingerprint density at radius 3 is 2.68 bits per heavy atom. The van der Waals surface area contributed by atoms with Crippen molar-refractivity contribution in [2.24, 2.45) is 0 Å². The summed E-state index contributed by atoms with van der Waals surface area (Å²) in [6, 6.07) is 2.58. The van der Waals surface area contributed by atoms with Crippen LogP contribution in [0.2, 0.25) is 0 Å². The van der Waals surface area contributed by atoms with Crippen molar-refractivity contribution in [3.8, 4) is 0 Å². The van der Waals surface area contributed by atoms with E-state index in [1.54, 1.807) is 19.1 Å². The Hall–Kier alpha value is -1.53. The fraction of sp³-hybridized carbons (Fsp3) is 0.500. The molecule has 7 heteroatoms. The lowest BCUT2D eigenvalue weighted by Gasteiger charge is -2.13. The molecule has 1 rings (SSSR count). The Morgan fingerprint density at radius 1 is 1.37 bits per heavy atom. The molecule has 0 spiro atoms. The molecule has 0 aromatic carbocycles. The van der Waals surface area contributed by atoms with Gasteiger partial charge in [0.15, 0.2) is 5.76 Å². The van der Waals surface area contributed by atoms with Crippen molar-refractivity contribution < 1.29 is 14.0 Å². The molecule has 1 unspecified atom stereocenters. The lowest BCUT2D eigenvalue weighted by atomic mass is 10.3. The van der Waals surface area contributed by atoms with Crippen LogP contribution in [0.1, 0.15) is 23.9 Å². The van der Waals surface area contributed by atoms with Crippen LogP contribution in [0, 0.1) is 0 Å². The van der Waals surface area contributed by atoms with E-state index < -0.39 is 11.9 Å². The normalized spacial score (nSPS) is 11.3. The van der Waals surface area contributed by atoms with Crippen LogP contribution in [-0.4, -0.2) is 38.0 Å². The van der Waals surface area contributed by atoms with Crippen LogP contribution < -0.4 is 16.0 Å². The number of carbonyl (C=O) groups is 2. The van der Waals surface area contributed by atoms with Gasteiger partial charge in [-0.1, -0.05) is 0 Å². The number of amides is 2. The van der Waals surface area contributed by atoms with Gasteiger partial charge in [-0.25, -0.2) is 0 Å². The van der Waals surface area contributed by atoms with Crippen LogP contribution in [0.4, 0.5) is 0 Å². The number of nitrogens with one attached hydrogen (secondary N) is 3. The Bertz CT molecular complexity index is 382. The summed E-state index contributed by atoms with van der Waals surface area (Å²) in [5.74, 6) is -0.395. The van der Waals surface area contributed by atoms with Gasteiger partial charge >= 0.3 is 0 Å². The highest BCUT2D eigenvalue weighted by molar-refractivity contribution is 5.95. The molecule has 0 saturated carbocycles. The van der Waals surface area contributed by atoms with Crippen molar-refractivity contribution in [2.45, 2.75) is 19.4 Å². The lowest BCUT2D eigenvalue weighted by molar-refractivity contribution is -0.122. The molecule has 0 fully saturated rings. The molecular weight excluding hydrogens is 270 g/mol. The second-order valence-corrected chi connectivity index (χ2v) is 3.92. The van der Waals surface area contributed by atoms with E-state index in [1.807, 2.05) is 7.05 Å². The molecule has 0 bridgehead atoms. The summed E-state index contributed by atoms with van der Waals surface area (Å²) < 4.78 is 4.94. The number of rotatable bonds is 7. The second kappa shape index (κ2) is 9.41. The third kappa shape index (κ3) is 6.26. The van der Waals surface area contributed by atoms with Gasteiger partial charge in [0.2, 0.25) is 5.91 Å². The second-order valence-electron chi connectivity index (χ2n) is 3.92. The highest BCUT2D eigenvalue weighted by Gasteiger charge is 2.17. The van der Waals surface area contributed by atoms with Gasteiger partial charge in [0, 0.05) is 6.54 Å². The Labute approximate surface area is 118 Å². The fourth-order valence-corrected chi connectivity index (χ4v) is 1.37. The molecule has 1 aromatic heterocycles. The molecule has 1 heterocycles. The van der Waals surface area contributed by atoms with E-state index in [0.717, 1.165) is 13.0 Å². The van der Waals surface area contributed by atoms with Crippen LogP contribution in [0.15, 0.2) is 22.8 Å². The predicted octanol–water partition coefficient (Wildman–Crippen LogP) is 0.545. The van der Waals surface area contributed by atoms with E-state index in [1.165, 1.54) is 6.26 Å². The number of carbonyl (C=O) groups excluding carboxylic acids is 2. The van der Waals surface area contributed by atoms with Crippen LogP contribution >= 0.6 is 12.4 Å². The quantitative estimate of drug-likeness (QED) is 0.640. The van der Waals surface area contributed by atoms with Crippen molar-refractivity contribution in [2.75, 3.05) is 20.1 Å². The van der Waals surface area contributed by atoms with Gasteiger partial charge in [-0.15, -0.1) is 12.4 Å². The van der Waals surface area contributed by atoms with Crippen LogP contribution in [0.3, 0.4) is 0 Å². The summed E-state index contributed by atoms with van der Waals surface area (Å²) >= 11 is 0. The number of furan rings is 1. The van der Waals surface area contributed by atoms with Crippen molar-refractivity contribution in [3.05, 3.63) is 24.2 Å². The van der Waals surface area contributed by atoms with E-state index in [4.69, 9.17) is 4.42 Å². The summed E-state index contributed by atoms with van der Waals surface area (Å²) in [7, 11) is 1.86. The molecular formula is C12H20ClN3O3. The zero-order chi connectivity index (χ0) is 13.4. The summed E-state index contributed by atoms with van der Waals surface area (Å²) in [5.41, 5.74) is 0. The molecule has 108 valence electrons. The van der Waals surface area contributed by atoms with E-state index in [-0.39, 0.29) is 24.1 Å². The maximum atomic E-state index is 11.6. The molecule has 0 aliphatic heterocycles. The lowest BCUT2D eigenvalue weighted by Crippen LogP contribution is -2.45. The van der Waals surface area contributed by atoms with E-state index in [0.29, 0.717) is 6.54 Å². The van der Waals surface area contributed by atoms with Gasteiger partial charge in [-0.2, -0.15) is 0 Å². The summed E-state index contributed by atoms with van der Waals surface area (Å²) in [5, 5.41) is 8.29. The van der Waals surface area contributed by atoms with E-state index in [2.05, 4.69) is 16.0 Å². The SMILES string of the molecule is CNCCCNC(=O)C(C)NC(=O)c1ccco1.Cl. The molecule has 3 N–H and O–H groups in total. The average Bonchev–Trinajstić information content (AvgIpc) is 2.88. The van der Waals surface area contributed by atoms with Crippen LogP contribution in [-0.2, 0) is 4.79 Å². The largest absolute Gasteiger partial charge is 0.459 e. The molecule has 0 saturated heterocycles. The summed E-state index contributed by atoms with van der Waals surface area (Å²) in [6.45, 7) is 3.06. The molecule has 2 amide bonds. The molecule has 1 atom stereocenters. The third-order valence-electron chi connectivity index (χ3n) is 2.39. The fourth-order valence-electron chi connectivity index (χ4n) is 1.37. The van der Waals surface area contributed by atoms with Gasteiger partial charge < -0.3 is 20.4 Å². The predicted molar refractivity (Wildman–Crippen MR) is 74.4 cm³/mol. The van der Waals surface area contributed by atoms with Crippen LogP contribution in [0.25, 0.3) is 0 Å². The summed E-state index contributed by atoms with van der Waals surface area (Å²) in [4.78, 5) is 23.2. The minimum absolute atomic E-state index is 0. The Kier molecular flexibility index (Phi) is 8.65. The highest BCUT2D eigenvalue weighted by atomic mass is 35.5. The topological polar surface area (TPSA) is 83.4 Å². The van der Waals surface area contributed by atoms with Gasteiger partial charge in [0.05, 0.1) is 6.26 Å². The first kappa shape index (κ1) is 17.5. The number of hydrogen-bond acceptors (Lipinski definition) is 4. The zero-order valence-corrected chi connectivity index (χ0v) is 11.9. The first-order chi connectivity index (χ1) is 8.65. The zero-order valence-electron chi connectivity index (χ0n) is 11.1. The minimum Gasteiger partial charge on any atom is -0.459 e. The van der Waals surface area contributed by atoms with Gasteiger partial charge in [-0.05, 0) is 39.1 Å². The number of halogens is 1. The van der Waals surface area contributed by atoms with E-state index in [9.17, 15) is 9.59 Å². The maximum absolute atomic E-state index is 11.6. The van der Waals surface area contributed by atoms with Gasteiger partial charge in [-0.3, -0.25) is 9.59 Å². The van der Waals surface area contributed by atoms with Gasteiger partial charge in [0.1, 0.15) is 6.04 Å². The standard InChI is InChI=1S/C12H19N3O3.ClH/c1-9(11(16)14-7-4-6-13-2)15-12(17)10-5-3-8-18-10;/h3,5,8-9,13H,4,6-7H2,1-2H3,(H,14,16)(H,15,17);1H. The summed E-state index contributed by atoms with van der Waals surface area (Å²) in [6.07, 6.45) is 2.26. The monoisotopic (exact) mass is 289 g/mol. The van der Waals surface area contributed by atoms with Crippen LogP contribution in [0.5, 0.6) is 0 Å². The van der Waals surface area contributed by atoms with Crippen molar-refractivity contribution >= 4 is 24.2 Å². The molecule has 6 nitrogen and oxygen atoms in total. The van der Waals surface area contributed by atoms with Crippen molar-refractivity contribution in [1.29, 1.82) is 0 Å². The minimum atomic E-state index is -0.586. The maximum Gasteiger partial charge on any atom is 0.287 e. The van der Waals surface area contributed by atoms with E-state index >= 15 is 0 Å². The van der Waals surface area contributed by atoms with Crippen molar-refractivity contribution in [3.63, 3.8) is 0 Å². The molecule has 19 heavy (non-hydrogen) atoms. The highest BCUT2D eigenvalue weighted by Crippen LogP contribution is 1.99. The first-order valence-electron chi connectivity index (χ1n) is 5.92.